The minimum atomic E-state index is -4.23. The highest BCUT2D eigenvalue weighted by molar-refractivity contribution is 7.80. The predicted molar refractivity (Wildman–Crippen MR) is 339 cm³/mol. The molecule has 0 bridgehead atoms. The van der Waals surface area contributed by atoms with Crippen molar-refractivity contribution in [1.82, 2.24) is 4.90 Å². The van der Waals surface area contributed by atoms with Gasteiger partial charge in [-0.1, -0.05) is 149 Å². The number of rotatable bonds is 21. The fourth-order valence-electron chi connectivity index (χ4n) is 12.3. The number of carbonyl (C=O) groups is 3. The number of carbonyl (C=O) groups excluding carboxylic acids is 3. The first-order valence-corrected chi connectivity index (χ1v) is 34.0. The number of esters is 2. The predicted octanol–water partition coefficient (Wildman–Crippen LogP) is 11.5. The average Bonchev–Trinajstić information content (AvgIpc) is 1.01. The fraction of sp³-hybridized carbons (Fsp3) is 0.866. The van der Waals surface area contributed by atoms with Gasteiger partial charge in [0.2, 0.25) is 0 Å². The number of hydrogen-bond donors (Lipinski definition) is 5. The molecule has 20 heteroatoms. The van der Waals surface area contributed by atoms with E-state index in [-0.39, 0.29) is 44.4 Å². The van der Waals surface area contributed by atoms with Crippen LogP contribution in [0.15, 0.2) is 35.5 Å². The summed E-state index contributed by atoms with van der Waals surface area (Å²) in [4.78, 5) is 42.9. The van der Waals surface area contributed by atoms with Crippen molar-refractivity contribution < 1.29 is 85.1 Å². The van der Waals surface area contributed by atoms with Gasteiger partial charge in [0.05, 0.1) is 60.3 Å². The van der Waals surface area contributed by atoms with Gasteiger partial charge in [-0.05, 0) is 126 Å². The molecule has 0 spiro atoms. The van der Waals surface area contributed by atoms with Crippen LogP contribution in [0.25, 0.3) is 0 Å². The molecular formula is C67H121NO18S. The zero-order chi connectivity index (χ0) is 66.3. The van der Waals surface area contributed by atoms with Gasteiger partial charge in [0.25, 0.3) is 0 Å². The number of unbranched alkanes of at least 4 members (excludes halogenated alkanes) is 9. The maximum atomic E-state index is 14.2. The molecule has 0 saturated carbocycles. The van der Waals surface area contributed by atoms with Crippen LogP contribution in [-0.2, 0) is 62.1 Å². The first kappa shape index (κ1) is 80.4. The Balaban J connectivity index is 0.000000651. The lowest BCUT2D eigenvalue weighted by Gasteiger charge is -2.49. The number of aliphatic hydroxyl groups excluding tert-OH is 2. The maximum absolute atomic E-state index is 14.2. The first-order chi connectivity index (χ1) is 40.4. The molecule has 3 aliphatic heterocycles. The maximum Gasteiger partial charge on any atom is 0.397 e. The molecule has 3 heterocycles. The van der Waals surface area contributed by atoms with Crippen molar-refractivity contribution in [3.8, 4) is 0 Å². The van der Waals surface area contributed by atoms with E-state index in [0.717, 1.165) is 25.7 Å². The molecule has 18 unspecified atom stereocenters. The summed E-state index contributed by atoms with van der Waals surface area (Å²) in [7, 11) is 0.973. The normalized spacial score (nSPS) is 35.9. The van der Waals surface area contributed by atoms with Gasteiger partial charge in [-0.25, -0.2) is 4.18 Å². The summed E-state index contributed by atoms with van der Waals surface area (Å²) < 4.78 is 76.6. The number of nitrogens with zero attached hydrogens (tertiary/aromatic N) is 1. The molecule has 0 aromatic rings. The van der Waals surface area contributed by atoms with Crippen LogP contribution in [0.5, 0.6) is 0 Å². The third-order valence-corrected chi connectivity index (χ3v) is 18.6. The summed E-state index contributed by atoms with van der Waals surface area (Å²) in [5, 5.41) is 46.6. The van der Waals surface area contributed by atoms with Gasteiger partial charge in [-0.3, -0.25) is 18.9 Å². The minimum absolute atomic E-state index is 0.0760. The summed E-state index contributed by atoms with van der Waals surface area (Å²) in [5.41, 5.74) is -1.58. The van der Waals surface area contributed by atoms with E-state index in [1.54, 1.807) is 48.5 Å². The lowest BCUT2D eigenvalue weighted by atomic mass is 9.74. The molecule has 1 aliphatic carbocycles. The molecule has 0 amide bonds. The topological polar surface area (TPSA) is 264 Å². The van der Waals surface area contributed by atoms with E-state index in [0.29, 0.717) is 18.3 Å². The quantitative estimate of drug-likeness (QED) is 0.0309. The number of ether oxygens (including phenoxy) is 7. The van der Waals surface area contributed by atoms with Crippen molar-refractivity contribution in [2.24, 2.45) is 29.1 Å². The molecule has 18 atom stereocenters. The van der Waals surface area contributed by atoms with Crippen molar-refractivity contribution >= 4 is 28.1 Å². The third kappa shape index (κ3) is 26.8. The summed E-state index contributed by atoms with van der Waals surface area (Å²) in [5.74, 6) is -5.59. The highest BCUT2D eigenvalue weighted by Gasteiger charge is 2.54. The van der Waals surface area contributed by atoms with Gasteiger partial charge in [0.15, 0.2) is 18.7 Å². The molecule has 0 aromatic carbocycles. The van der Waals surface area contributed by atoms with Crippen LogP contribution < -0.4 is 0 Å². The SMILES string of the molecule is CC1=CCCC(C)=CCC(C)(C)C=CC1.CCC(=O)OC1C(OC2C(C)C(OC3CC(C)(OC)C(O)C(C)O3)C(C)C(=O)OC(CC)C(C)(O)C(O)C(C)C(=O)C(C)CC2(C)O)OC(C)CC1N(C)C.CCCCCCCCCCCCOS(=O)(=O)O. The number of ketones is 1. The highest BCUT2D eigenvalue weighted by atomic mass is 32.3. The number of likely N-dealkylation sites (N-methyl/N-ethyl adjacent to an activating group) is 1. The molecule has 3 saturated heterocycles. The van der Waals surface area contributed by atoms with Crippen LogP contribution in [0, 0.1) is 29.1 Å². The Morgan fingerprint density at radius 2 is 1.38 bits per heavy atom. The van der Waals surface area contributed by atoms with Crippen LogP contribution in [0.1, 0.15) is 233 Å². The number of aliphatic hydroxyl groups is 4. The smallest absolute Gasteiger partial charge is 0.397 e. The molecular weight excluding hydrogens is 1140 g/mol. The van der Waals surface area contributed by atoms with Gasteiger partial charge in [-0.15, -0.1) is 0 Å². The van der Waals surface area contributed by atoms with Gasteiger partial charge in [-0.2, -0.15) is 8.42 Å². The Hall–Kier alpha value is -2.70. The van der Waals surface area contributed by atoms with Crippen LogP contribution in [0.3, 0.4) is 0 Å². The largest absolute Gasteiger partial charge is 0.459 e. The molecule has 4 rings (SSSR count). The molecule has 0 radical (unpaired) electrons. The van der Waals surface area contributed by atoms with Crippen LogP contribution in [-0.4, -0.2) is 168 Å². The second-order valence-corrected chi connectivity index (χ2v) is 28.3. The molecule has 5 N–H and O–H groups in total. The van der Waals surface area contributed by atoms with Crippen LogP contribution >= 0.6 is 0 Å². The van der Waals surface area contributed by atoms with Crippen molar-refractivity contribution in [2.45, 2.75) is 317 Å². The molecule has 87 heavy (non-hydrogen) atoms. The lowest BCUT2D eigenvalue weighted by Crippen LogP contribution is -2.61. The second-order valence-electron chi connectivity index (χ2n) is 27.2. The standard InChI is InChI=1S/C40H71NO14.C15H24.C12H26O4S/c1-15-27-40(11,48)33(44)22(5)30(43)20(3)18-38(9,47)35(55-37-32(53-28(42)16-2)26(41(12)13)17-21(4)50-37)23(6)31(24(7)36(46)52-27)54-29-19-39(10,49-14)34(45)25(8)51-29;1-13-7-5-8-14(2)10-12-15(3,4)11-6-9-13;1-2-3-4-5-6-7-8-9-10-11-12-16-17(13,14)15/h20-27,29,31-35,37,44-45,47-48H,15-19H2,1-14H3;6-7,10-11H,5,8-9,12H2,1-4H3;2-12H2,1H3,(H,13,14,15). The van der Waals surface area contributed by atoms with E-state index in [4.69, 9.17) is 37.7 Å². The Kier molecular flexibility index (Phi) is 34.9. The van der Waals surface area contributed by atoms with E-state index in [1.165, 1.54) is 96.8 Å². The Labute approximate surface area is 525 Å². The number of hydrogen-bond acceptors (Lipinski definition) is 18. The zero-order valence-electron chi connectivity index (χ0n) is 57.0. The van der Waals surface area contributed by atoms with Gasteiger partial charge in [0, 0.05) is 37.7 Å². The van der Waals surface area contributed by atoms with Crippen molar-refractivity contribution in [2.75, 3.05) is 27.8 Å². The van der Waals surface area contributed by atoms with Crippen LogP contribution in [0.2, 0.25) is 0 Å². The number of Topliss-reactive ketones (excluding diaryl/α,β-unsaturated/α-hetero) is 1. The monoisotopic (exact) mass is 1260 g/mol. The van der Waals surface area contributed by atoms with Gasteiger partial charge < -0.3 is 58.5 Å². The first-order valence-electron chi connectivity index (χ1n) is 32.6. The Bertz CT molecular complexity index is 2250. The fourth-order valence-corrected chi connectivity index (χ4v) is 12.6. The van der Waals surface area contributed by atoms with Crippen molar-refractivity contribution in [3.63, 3.8) is 0 Å². The third-order valence-electron chi connectivity index (χ3n) is 18.1. The Morgan fingerprint density at radius 1 is 0.782 bits per heavy atom. The average molecular weight is 1260 g/mol. The summed E-state index contributed by atoms with van der Waals surface area (Å²) in [6.45, 7) is 29.4. The molecule has 508 valence electrons. The molecule has 3 fully saturated rings. The summed E-state index contributed by atoms with van der Waals surface area (Å²) in [6, 6.07) is -0.319. The zero-order valence-corrected chi connectivity index (χ0v) is 57.8. The second kappa shape index (κ2) is 37.7. The highest BCUT2D eigenvalue weighted by Crippen LogP contribution is 2.41. The Morgan fingerprint density at radius 3 is 1.93 bits per heavy atom. The van der Waals surface area contributed by atoms with E-state index in [9.17, 15) is 43.2 Å². The van der Waals surface area contributed by atoms with Gasteiger partial charge in [0.1, 0.15) is 23.6 Å². The minimum Gasteiger partial charge on any atom is -0.459 e. The number of methoxy groups -OCH3 is 1. The van der Waals surface area contributed by atoms with Crippen molar-refractivity contribution in [1.29, 1.82) is 0 Å². The van der Waals surface area contributed by atoms with Crippen molar-refractivity contribution in [3.05, 3.63) is 35.5 Å². The molecule has 4 aliphatic rings. The summed E-state index contributed by atoms with van der Waals surface area (Å²) in [6.07, 6.45) is 16.3. The van der Waals surface area contributed by atoms with Gasteiger partial charge >= 0.3 is 22.3 Å². The summed E-state index contributed by atoms with van der Waals surface area (Å²) >= 11 is 0. The van der Waals surface area contributed by atoms with E-state index >= 15 is 0 Å². The van der Waals surface area contributed by atoms with Crippen LogP contribution in [0.4, 0.5) is 0 Å². The van der Waals surface area contributed by atoms with E-state index < -0.39 is 124 Å². The number of cyclic esters (lactones) is 1. The lowest BCUT2D eigenvalue weighted by molar-refractivity contribution is -0.319. The molecule has 19 nitrogen and oxygen atoms in total. The van der Waals surface area contributed by atoms with E-state index in [1.807, 2.05) is 25.9 Å². The molecule has 0 aromatic heterocycles. The van der Waals surface area contributed by atoms with E-state index in [2.05, 4.69) is 63.1 Å². The number of allylic oxidation sites excluding steroid dienone is 6.